The summed E-state index contributed by atoms with van der Waals surface area (Å²) in [6.07, 6.45) is 0. The van der Waals surface area contributed by atoms with E-state index in [-0.39, 0.29) is 10.6 Å². The molecule has 0 atom stereocenters. The Balaban J connectivity index is 2.33. The fraction of sp³-hybridized carbons (Fsp3) is 0.0769. The van der Waals surface area contributed by atoms with Crippen LogP contribution >= 0.6 is 11.8 Å². The molecule has 0 aromatic heterocycles. The molecule has 0 unspecified atom stereocenters. The number of hydrogen-bond donors (Lipinski definition) is 1. The standard InChI is InChI=1S/C13H11F2NS/c1-8-2-4-10(5-3-8)17-13-11(14)6-9(16)7-12(13)15/h2-7H,16H2,1H3. The van der Waals surface area contributed by atoms with E-state index in [2.05, 4.69) is 0 Å². The molecule has 0 amide bonds. The summed E-state index contributed by atoms with van der Waals surface area (Å²) in [6, 6.07) is 9.70. The van der Waals surface area contributed by atoms with Crippen molar-refractivity contribution in [3.05, 3.63) is 53.6 Å². The molecule has 2 aromatic carbocycles. The number of rotatable bonds is 2. The van der Waals surface area contributed by atoms with Gasteiger partial charge in [-0.3, -0.25) is 0 Å². The van der Waals surface area contributed by atoms with Gasteiger partial charge >= 0.3 is 0 Å². The van der Waals surface area contributed by atoms with Crippen molar-refractivity contribution >= 4 is 17.4 Å². The van der Waals surface area contributed by atoms with E-state index >= 15 is 0 Å². The fourth-order valence-electron chi connectivity index (χ4n) is 1.40. The highest BCUT2D eigenvalue weighted by Crippen LogP contribution is 2.33. The summed E-state index contributed by atoms with van der Waals surface area (Å²) in [4.78, 5) is 0.765. The van der Waals surface area contributed by atoms with Crippen LogP contribution in [-0.2, 0) is 0 Å². The van der Waals surface area contributed by atoms with E-state index in [1.807, 2.05) is 31.2 Å². The summed E-state index contributed by atoms with van der Waals surface area (Å²) >= 11 is 1.05. The van der Waals surface area contributed by atoms with Gasteiger partial charge in [-0.25, -0.2) is 8.78 Å². The van der Waals surface area contributed by atoms with Crippen LogP contribution in [0.15, 0.2) is 46.2 Å². The zero-order valence-electron chi connectivity index (χ0n) is 9.21. The Hall–Kier alpha value is -1.55. The minimum Gasteiger partial charge on any atom is -0.399 e. The van der Waals surface area contributed by atoms with Crippen molar-refractivity contribution in [2.45, 2.75) is 16.7 Å². The maximum Gasteiger partial charge on any atom is 0.142 e. The molecule has 2 rings (SSSR count). The molecule has 0 spiro atoms. The highest BCUT2D eigenvalue weighted by atomic mass is 32.2. The van der Waals surface area contributed by atoms with Crippen LogP contribution in [0.3, 0.4) is 0 Å². The van der Waals surface area contributed by atoms with Crippen LogP contribution in [0, 0.1) is 18.6 Å². The molecular formula is C13H11F2NS. The van der Waals surface area contributed by atoms with Crippen molar-refractivity contribution in [1.29, 1.82) is 0 Å². The van der Waals surface area contributed by atoms with Crippen molar-refractivity contribution in [2.24, 2.45) is 0 Å². The fourth-order valence-corrected chi connectivity index (χ4v) is 2.22. The average Bonchev–Trinajstić information content (AvgIpc) is 2.26. The van der Waals surface area contributed by atoms with E-state index in [1.54, 1.807) is 0 Å². The van der Waals surface area contributed by atoms with E-state index in [1.165, 1.54) is 0 Å². The summed E-state index contributed by atoms with van der Waals surface area (Å²) in [5.41, 5.74) is 6.55. The monoisotopic (exact) mass is 251 g/mol. The molecule has 0 aliphatic rings. The number of hydrogen-bond acceptors (Lipinski definition) is 2. The molecule has 88 valence electrons. The molecule has 0 aliphatic heterocycles. The van der Waals surface area contributed by atoms with Crippen LogP contribution in [-0.4, -0.2) is 0 Å². The Morgan fingerprint density at radius 1 is 1.00 bits per heavy atom. The van der Waals surface area contributed by atoms with Gasteiger partial charge in [-0.1, -0.05) is 29.5 Å². The summed E-state index contributed by atoms with van der Waals surface area (Å²) < 4.78 is 27.1. The van der Waals surface area contributed by atoms with Crippen molar-refractivity contribution in [3.8, 4) is 0 Å². The zero-order valence-corrected chi connectivity index (χ0v) is 10.0. The SMILES string of the molecule is Cc1ccc(Sc2c(F)cc(N)cc2F)cc1. The minimum atomic E-state index is -0.631. The molecule has 0 saturated heterocycles. The molecule has 2 N–H and O–H groups in total. The first-order valence-electron chi connectivity index (χ1n) is 5.05. The molecule has 0 heterocycles. The van der Waals surface area contributed by atoms with E-state index < -0.39 is 11.6 Å². The van der Waals surface area contributed by atoms with Gasteiger partial charge in [-0.2, -0.15) is 0 Å². The highest BCUT2D eigenvalue weighted by Gasteiger charge is 2.11. The first kappa shape index (κ1) is 11.9. The number of anilines is 1. The smallest absolute Gasteiger partial charge is 0.142 e. The van der Waals surface area contributed by atoms with Crippen LogP contribution in [0.2, 0.25) is 0 Å². The topological polar surface area (TPSA) is 26.0 Å². The van der Waals surface area contributed by atoms with Crippen LogP contribution in [0.1, 0.15) is 5.56 Å². The van der Waals surface area contributed by atoms with Crippen LogP contribution < -0.4 is 5.73 Å². The van der Waals surface area contributed by atoms with Crippen LogP contribution in [0.4, 0.5) is 14.5 Å². The Bertz CT molecular complexity index is 515. The summed E-state index contributed by atoms with van der Waals surface area (Å²) in [5.74, 6) is -1.26. The first-order valence-corrected chi connectivity index (χ1v) is 5.87. The molecule has 2 aromatic rings. The third kappa shape index (κ3) is 2.77. The average molecular weight is 251 g/mol. The third-order valence-electron chi connectivity index (χ3n) is 2.26. The Kier molecular flexibility index (Phi) is 3.33. The molecule has 0 radical (unpaired) electrons. The lowest BCUT2D eigenvalue weighted by Gasteiger charge is -2.06. The number of benzene rings is 2. The van der Waals surface area contributed by atoms with Gasteiger partial charge in [0.15, 0.2) is 0 Å². The van der Waals surface area contributed by atoms with Crippen molar-refractivity contribution in [2.75, 3.05) is 5.73 Å². The molecular weight excluding hydrogens is 240 g/mol. The van der Waals surface area contributed by atoms with Gasteiger partial charge in [-0.05, 0) is 31.2 Å². The van der Waals surface area contributed by atoms with Crippen molar-refractivity contribution in [3.63, 3.8) is 0 Å². The van der Waals surface area contributed by atoms with Gasteiger partial charge in [0.25, 0.3) is 0 Å². The third-order valence-corrected chi connectivity index (χ3v) is 3.36. The van der Waals surface area contributed by atoms with E-state index in [0.717, 1.165) is 34.4 Å². The summed E-state index contributed by atoms with van der Waals surface area (Å²) in [6.45, 7) is 1.96. The predicted octanol–water partition coefficient (Wildman–Crippen LogP) is 4.01. The van der Waals surface area contributed by atoms with Gasteiger partial charge in [0, 0.05) is 10.6 Å². The molecule has 0 fully saturated rings. The van der Waals surface area contributed by atoms with Crippen molar-refractivity contribution in [1.82, 2.24) is 0 Å². The number of nitrogen functional groups attached to an aromatic ring is 1. The Morgan fingerprint density at radius 3 is 2.06 bits per heavy atom. The van der Waals surface area contributed by atoms with Gasteiger partial charge in [-0.15, -0.1) is 0 Å². The van der Waals surface area contributed by atoms with Gasteiger partial charge in [0.05, 0.1) is 4.90 Å². The maximum absolute atomic E-state index is 13.5. The second-order valence-corrected chi connectivity index (χ2v) is 4.81. The van der Waals surface area contributed by atoms with Crippen LogP contribution in [0.5, 0.6) is 0 Å². The number of aryl methyl sites for hydroxylation is 1. The molecule has 4 heteroatoms. The molecule has 1 nitrogen and oxygen atoms in total. The molecule has 0 saturated carbocycles. The van der Waals surface area contributed by atoms with E-state index in [9.17, 15) is 8.78 Å². The predicted molar refractivity (Wildman–Crippen MR) is 66.1 cm³/mol. The quantitative estimate of drug-likeness (QED) is 0.816. The van der Waals surface area contributed by atoms with Gasteiger partial charge in [0.2, 0.25) is 0 Å². The Labute approximate surface area is 103 Å². The number of nitrogens with two attached hydrogens (primary N) is 1. The van der Waals surface area contributed by atoms with E-state index in [0.29, 0.717) is 0 Å². The normalized spacial score (nSPS) is 10.5. The lowest BCUT2D eigenvalue weighted by molar-refractivity contribution is 0.542. The van der Waals surface area contributed by atoms with Gasteiger partial charge in [0.1, 0.15) is 11.6 Å². The lowest BCUT2D eigenvalue weighted by atomic mass is 10.2. The second kappa shape index (κ2) is 4.75. The second-order valence-electron chi connectivity index (χ2n) is 3.73. The highest BCUT2D eigenvalue weighted by molar-refractivity contribution is 7.99. The zero-order chi connectivity index (χ0) is 12.4. The molecule has 0 bridgehead atoms. The van der Waals surface area contributed by atoms with Gasteiger partial charge < -0.3 is 5.73 Å². The minimum absolute atomic E-state index is 0.0250. The Morgan fingerprint density at radius 2 is 1.53 bits per heavy atom. The maximum atomic E-state index is 13.5. The molecule has 0 aliphatic carbocycles. The number of halogens is 2. The first-order chi connectivity index (χ1) is 8.06. The van der Waals surface area contributed by atoms with E-state index in [4.69, 9.17) is 5.73 Å². The largest absolute Gasteiger partial charge is 0.399 e. The summed E-state index contributed by atoms with van der Waals surface area (Å²) in [7, 11) is 0. The van der Waals surface area contributed by atoms with Crippen molar-refractivity contribution < 1.29 is 8.78 Å². The lowest BCUT2D eigenvalue weighted by Crippen LogP contribution is -1.92. The summed E-state index contributed by atoms with van der Waals surface area (Å²) in [5, 5.41) is 0. The van der Waals surface area contributed by atoms with Crippen LogP contribution in [0.25, 0.3) is 0 Å². The molecule has 17 heavy (non-hydrogen) atoms.